The van der Waals surface area contributed by atoms with Gasteiger partial charge in [-0.15, -0.1) is 0 Å². The van der Waals surface area contributed by atoms with Crippen molar-refractivity contribution in [2.24, 2.45) is 0 Å². The lowest BCUT2D eigenvalue weighted by molar-refractivity contribution is 0.0594. The minimum atomic E-state index is -0.558. The summed E-state index contributed by atoms with van der Waals surface area (Å²) in [4.78, 5) is 15.7. The van der Waals surface area contributed by atoms with Crippen LogP contribution in [0.5, 0.6) is 0 Å². The van der Waals surface area contributed by atoms with Crippen LogP contribution in [0.3, 0.4) is 0 Å². The predicted molar refractivity (Wildman–Crippen MR) is 80.5 cm³/mol. The zero-order valence-corrected chi connectivity index (χ0v) is 12.6. The van der Waals surface area contributed by atoms with E-state index in [0.29, 0.717) is 16.9 Å². The average molecular weight is 332 g/mol. The second-order valence-corrected chi connectivity index (χ2v) is 5.07. The number of nitrogen functional groups attached to an aromatic ring is 1. The van der Waals surface area contributed by atoms with E-state index in [1.165, 1.54) is 13.2 Å². The van der Waals surface area contributed by atoms with Gasteiger partial charge in [-0.3, -0.25) is 0 Å². The number of aromatic nitrogens is 1. The van der Waals surface area contributed by atoms with E-state index in [0.717, 1.165) is 0 Å². The number of nitrogens with two attached hydrogens (primary N) is 1. The van der Waals surface area contributed by atoms with Gasteiger partial charge < -0.3 is 10.5 Å². The van der Waals surface area contributed by atoms with E-state index in [1.54, 1.807) is 18.2 Å². The molecule has 0 aliphatic heterocycles. The molecule has 104 valence electrons. The minimum Gasteiger partial charge on any atom is -0.464 e. The molecule has 0 saturated carbocycles. The summed E-state index contributed by atoms with van der Waals surface area (Å²) in [6.45, 7) is 0. The Kier molecular flexibility index (Phi) is 4.38. The molecule has 0 radical (unpaired) electrons. The first-order valence-corrected chi connectivity index (χ1v) is 6.57. The normalized spacial score (nSPS) is 10.4. The smallest absolute Gasteiger partial charge is 0.356 e. The third-order valence-electron chi connectivity index (χ3n) is 2.58. The number of methoxy groups -OCH3 is 1. The van der Waals surface area contributed by atoms with Gasteiger partial charge in [-0.05, 0) is 24.3 Å². The van der Waals surface area contributed by atoms with Crippen molar-refractivity contribution < 1.29 is 9.53 Å². The Labute approximate surface area is 130 Å². The van der Waals surface area contributed by atoms with Crippen LogP contribution < -0.4 is 5.73 Å². The van der Waals surface area contributed by atoms with E-state index in [9.17, 15) is 4.79 Å². The van der Waals surface area contributed by atoms with Crippen LogP contribution in [0, 0.1) is 0 Å². The molecule has 0 atom stereocenters. The average Bonchev–Trinajstić information content (AvgIpc) is 2.44. The molecular formula is C13H9Cl3N2O2. The number of hydrogen-bond donors (Lipinski definition) is 1. The topological polar surface area (TPSA) is 65.2 Å². The van der Waals surface area contributed by atoms with Crippen molar-refractivity contribution in [2.45, 2.75) is 0 Å². The Bertz CT molecular complexity index is 666. The summed E-state index contributed by atoms with van der Waals surface area (Å²) in [7, 11) is 1.27. The standard InChI is InChI=1S/C13H9Cl3N2O2/c1-20-13(19)10-3-2-9(17)12(18-10)6-4-7(14)11(16)8(15)5-6/h2-5H,17H2,1H3. The summed E-state index contributed by atoms with van der Waals surface area (Å²) in [5, 5.41) is 0.803. The molecular weight excluding hydrogens is 323 g/mol. The van der Waals surface area contributed by atoms with Crippen LogP contribution in [0.15, 0.2) is 24.3 Å². The van der Waals surface area contributed by atoms with Gasteiger partial charge >= 0.3 is 5.97 Å². The molecule has 1 aromatic heterocycles. The van der Waals surface area contributed by atoms with E-state index >= 15 is 0 Å². The number of anilines is 1. The minimum absolute atomic E-state index is 0.138. The molecule has 1 heterocycles. The highest BCUT2D eigenvalue weighted by Gasteiger charge is 2.14. The number of carbonyl (C=O) groups excluding carboxylic acids is 1. The molecule has 7 heteroatoms. The fourth-order valence-electron chi connectivity index (χ4n) is 1.61. The summed E-state index contributed by atoms with van der Waals surface area (Å²) in [6, 6.07) is 6.19. The number of benzene rings is 1. The van der Waals surface area contributed by atoms with Crippen molar-refractivity contribution in [2.75, 3.05) is 12.8 Å². The summed E-state index contributed by atoms with van der Waals surface area (Å²) in [6.07, 6.45) is 0. The van der Waals surface area contributed by atoms with Crippen molar-refractivity contribution in [3.8, 4) is 11.3 Å². The number of nitrogens with zero attached hydrogens (tertiary/aromatic N) is 1. The monoisotopic (exact) mass is 330 g/mol. The van der Waals surface area contributed by atoms with Gasteiger partial charge in [-0.2, -0.15) is 0 Å². The summed E-state index contributed by atoms with van der Waals surface area (Å²) in [5.41, 5.74) is 7.33. The first-order valence-electron chi connectivity index (χ1n) is 5.43. The third-order valence-corrected chi connectivity index (χ3v) is 3.78. The van der Waals surface area contributed by atoms with Gasteiger partial charge in [0.25, 0.3) is 0 Å². The molecule has 0 unspecified atom stereocenters. The van der Waals surface area contributed by atoms with Crippen LogP contribution in [-0.2, 0) is 4.74 Å². The molecule has 0 fully saturated rings. The Morgan fingerprint density at radius 3 is 2.35 bits per heavy atom. The van der Waals surface area contributed by atoms with Crippen molar-refractivity contribution in [3.63, 3.8) is 0 Å². The van der Waals surface area contributed by atoms with E-state index in [2.05, 4.69) is 9.72 Å². The van der Waals surface area contributed by atoms with Crippen LogP contribution in [-0.4, -0.2) is 18.1 Å². The highest BCUT2D eigenvalue weighted by atomic mass is 35.5. The molecule has 1 aromatic carbocycles. The van der Waals surface area contributed by atoms with E-state index < -0.39 is 5.97 Å². The summed E-state index contributed by atoms with van der Waals surface area (Å²) >= 11 is 17.8. The lowest BCUT2D eigenvalue weighted by atomic mass is 10.1. The molecule has 4 nitrogen and oxygen atoms in total. The summed E-state index contributed by atoms with van der Waals surface area (Å²) in [5.74, 6) is -0.558. The highest BCUT2D eigenvalue weighted by molar-refractivity contribution is 6.48. The molecule has 2 aromatic rings. The Morgan fingerprint density at radius 1 is 1.20 bits per heavy atom. The first kappa shape index (κ1) is 14.9. The van der Waals surface area contributed by atoms with E-state index in [4.69, 9.17) is 40.5 Å². The molecule has 0 aliphatic rings. The van der Waals surface area contributed by atoms with Crippen molar-refractivity contribution >= 4 is 46.5 Å². The van der Waals surface area contributed by atoms with Crippen LogP contribution in [0.25, 0.3) is 11.3 Å². The molecule has 0 spiro atoms. The second-order valence-electron chi connectivity index (χ2n) is 3.88. The first-order chi connectivity index (χ1) is 9.43. The number of pyridine rings is 1. The number of carbonyl (C=O) groups is 1. The van der Waals surface area contributed by atoms with Crippen LogP contribution in [0.4, 0.5) is 5.69 Å². The van der Waals surface area contributed by atoms with Gasteiger partial charge in [0, 0.05) is 5.56 Å². The van der Waals surface area contributed by atoms with Crippen molar-refractivity contribution in [1.82, 2.24) is 4.98 Å². The van der Waals surface area contributed by atoms with Gasteiger partial charge in [-0.1, -0.05) is 34.8 Å². The van der Waals surface area contributed by atoms with Crippen LogP contribution >= 0.6 is 34.8 Å². The predicted octanol–water partition coefficient (Wildman–Crippen LogP) is 4.08. The zero-order chi connectivity index (χ0) is 14.9. The van der Waals surface area contributed by atoms with Crippen molar-refractivity contribution in [1.29, 1.82) is 0 Å². The maximum absolute atomic E-state index is 11.5. The number of hydrogen-bond acceptors (Lipinski definition) is 4. The Hall–Kier alpha value is -1.49. The fourth-order valence-corrected chi connectivity index (χ4v) is 2.21. The highest BCUT2D eigenvalue weighted by Crippen LogP contribution is 2.36. The number of esters is 1. The maximum atomic E-state index is 11.5. The molecule has 0 bridgehead atoms. The quantitative estimate of drug-likeness (QED) is 0.665. The van der Waals surface area contributed by atoms with E-state index in [1.807, 2.05) is 0 Å². The Balaban J connectivity index is 2.60. The lowest BCUT2D eigenvalue weighted by Crippen LogP contribution is -2.06. The van der Waals surface area contributed by atoms with Gasteiger partial charge in [0.2, 0.25) is 0 Å². The second kappa shape index (κ2) is 5.87. The van der Waals surface area contributed by atoms with Crippen molar-refractivity contribution in [3.05, 3.63) is 45.0 Å². The molecule has 2 N–H and O–H groups in total. The van der Waals surface area contributed by atoms with Gasteiger partial charge in [-0.25, -0.2) is 9.78 Å². The number of rotatable bonds is 2. The van der Waals surface area contributed by atoms with E-state index in [-0.39, 0.29) is 20.8 Å². The third kappa shape index (κ3) is 2.82. The molecule has 0 aliphatic carbocycles. The van der Waals surface area contributed by atoms with Gasteiger partial charge in [0.1, 0.15) is 5.69 Å². The molecule has 2 rings (SSSR count). The largest absolute Gasteiger partial charge is 0.464 e. The van der Waals surface area contributed by atoms with Gasteiger partial charge in [0.15, 0.2) is 0 Å². The fraction of sp³-hybridized carbons (Fsp3) is 0.0769. The maximum Gasteiger partial charge on any atom is 0.356 e. The van der Waals surface area contributed by atoms with Gasteiger partial charge in [0.05, 0.1) is 33.6 Å². The zero-order valence-electron chi connectivity index (χ0n) is 10.3. The lowest BCUT2D eigenvalue weighted by Gasteiger charge is -2.09. The number of halogens is 3. The molecule has 0 saturated heterocycles. The summed E-state index contributed by atoms with van der Waals surface area (Å²) < 4.78 is 4.62. The molecule has 0 amide bonds. The molecule has 20 heavy (non-hydrogen) atoms. The SMILES string of the molecule is COC(=O)c1ccc(N)c(-c2cc(Cl)c(Cl)c(Cl)c2)n1. The van der Waals surface area contributed by atoms with Crippen LogP contribution in [0.2, 0.25) is 15.1 Å². The number of ether oxygens (including phenoxy) is 1. The Morgan fingerprint density at radius 2 is 1.80 bits per heavy atom. The van der Waals surface area contributed by atoms with Crippen LogP contribution in [0.1, 0.15) is 10.5 Å².